The van der Waals surface area contributed by atoms with Crippen LogP contribution in [0, 0.1) is 0 Å². The molecule has 0 aromatic heterocycles. The second-order valence-corrected chi connectivity index (χ2v) is 5.65. The molecule has 0 bridgehead atoms. The summed E-state index contributed by atoms with van der Waals surface area (Å²) in [5.74, 6) is -3.23. The van der Waals surface area contributed by atoms with Crippen molar-refractivity contribution in [2.45, 2.75) is 31.3 Å². The van der Waals surface area contributed by atoms with Crippen LogP contribution in [0.25, 0.3) is 0 Å². The standard InChI is InChI=1S/C16H22N4O6/c17-11(7-9-1-3-10(21)4-2-9)15(25)20-12(5-6-13(18)22)16(26)19-8-14(23)24/h1-4,11-12,21H,5-8,17H2,(H2,18,22)(H,19,26)(H,20,25)(H,23,24). The molecule has 26 heavy (non-hydrogen) atoms. The highest BCUT2D eigenvalue weighted by Gasteiger charge is 2.24. The first-order valence-corrected chi connectivity index (χ1v) is 7.80. The van der Waals surface area contributed by atoms with E-state index >= 15 is 0 Å². The van der Waals surface area contributed by atoms with E-state index in [9.17, 15) is 24.3 Å². The van der Waals surface area contributed by atoms with Gasteiger partial charge in [-0.25, -0.2) is 0 Å². The van der Waals surface area contributed by atoms with Crippen molar-refractivity contribution in [3.8, 4) is 5.75 Å². The lowest BCUT2D eigenvalue weighted by atomic mass is 10.0. The largest absolute Gasteiger partial charge is 0.508 e. The summed E-state index contributed by atoms with van der Waals surface area (Å²) in [7, 11) is 0. The second kappa shape index (κ2) is 9.99. The lowest BCUT2D eigenvalue weighted by Gasteiger charge is -2.20. The maximum atomic E-state index is 12.2. The van der Waals surface area contributed by atoms with E-state index in [1.54, 1.807) is 12.1 Å². The number of phenols is 1. The zero-order chi connectivity index (χ0) is 19.7. The highest BCUT2D eigenvalue weighted by Crippen LogP contribution is 2.11. The van der Waals surface area contributed by atoms with Gasteiger partial charge in [0.2, 0.25) is 17.7 Å². The first-order valence-electron chi connectivity index (χ1n) is 7.80. The molecule has 0 spiro atoms. The molecule has 3 amide bonds. The monoisotopic (exact) mass is 366 g/mol. The van der Waals surface area contributed by atoms with Crippen molar-refractivity contribution in [1.82, 2.24) is 10.6 Å². The minimum absolute atomic E-state index is 0.0772. The Morgan fingerprint density at radius 1 is 1.08 bits per heavy atom. The average molecular weight is 366 g/mol. The van der Waals surface area contributed by atoms with Gasteiger partial charge >= 0.3 is 5.97 Å². The van der Waals surface area contributed by atoms with E-state index in [0.717, 1.165) is 0 Å². The number of hydrogen-bond donors (Lipinski definition) is 6. The van der Waals surface area contributed by atoms with Crippen LogP contribution in [0.1, 0.15) is 18.4 Å². The topological polar surface area (TPSA) is 185 Å². The van der Waals surface area contributed by atoms with E-state index in [1.807, 2.05) is 0 Å². The van der Waals surface area contributed by atoms with E-state index in [0.29, 0.717) is 5.56 Å². The number of carbonyl (C=O) groups is 4. The summed E-state index contributed by atoms with van der Waals surface area (Å²) in [6, 6.07) is 3.99. The Kier molecular flexibility index (Phi) is 8.03. The smallest absolute Gasteiger partial charge is 0.322 e. The van der Waals surface area contributed by atoms with Crippen molar-refractivity contribution in [3.63, 3.8) is 0 Å². The lowest BCUT2D eigenvalue weighted by molar-refractivity contribution is -0.138. The number of amides is 3. The van der Waals surface area contributed by atoms with Crippen LogP contribution in [-0.2, 0) is 25.6 Å². The van der Waals surface area contributed by atoms with Crippen molar-refractivity contribution in [2.24, 2.45) is 11.5 Å². The Balaban J connectivity index is 2.69. The van der Waals surface area contributed by atoms with Crippen molar-refractivity contribution >= 4 is 23.7 Å². The molecular weight excluding hydrogens is 344 g/mol. The molecule has 2 atom stereocenters. The quantitative estimate of drug-likeness (QED) is 0.282. The third-order valence-corrected chi connectivity index (χ3v) is 3.45. The predicted octanol–water partition coefficient (Wildman–Crippen LogP) is -1.79. The molecule has 2 unspecified atom stereocenters. The summed E-state index contributed by atoms with van der Waals surface area (Å²) in [4.78, 5) is 45.7. The third kappa shape index (κ3) is 7.62. The highest BCUT2D eigenvalue weighted by atomic mass is 16.4. The lowest BCUT2D eigenvalue weighted by Crippen LogP contribution is -2.52. The number of benzene rings is 1. The number of carboxylic acid groups (broad SMARTS) is 1. The van der Waals surface area contributed by atoms with Gasteiger partial charge in [-0.1, -0.05) is 12.1 Å². The minimum Gasteiger partial charge on any atom is -0.508 e. The molecule has 10 heteroatoms. The summed E-state index contributed by atoms with van der Waals surface area (Å²) in [5.41, 5.74) is 11.6. The Bertz CT molecular complexity index is 661. The molecular formula is C16H22N4O6. The number of carboxylic acids is 1. The fourth-order valence-corrected chi connectivity index (χ4v) is 2.10. The van der Waals surface area contributed by atoms with Gasteiger partial charge in [-0.3, -0.25) is 19.2 Å². The van der Waals surface area contributed by atoms with Crippen LogP contribution in [0.15, 0.2) is 24.3 Å². The van der Waals surface area contributed by atoms with Crippen LogP contribution in [-0.4, -0.2) is 52.5 Å². The summed E-state index contributed by atoms with van der Waals surface area (Å²) < 4.78 is 0. The number of phenolic OH excluding ortho intramolecular Hbond substituents is 1. The van der Waals surface area contributed by atoms with Crippen LogP contribution in [0.4, 0.5) is 0 Å². The first kappa shape index (κ1) is 20.9. The summed E-state index contributed by atoms with van der Waals surface area (Å²) in [6.45, 7) is -0.624. The van der Waals surface area contributed by atoms with Crippen LogP contribution < -0.4 is 22.1 Å². The molecule has 0 fully saturated rings. The molecule has 0 aliphatic carbocycles. The van der Waals surface area contributed by atoms with Gasteiger partial charge in [0.05, 0.1) is 6.04 Å². The second-order valence-electron chi connectivity index (χ2n) is 5.65. The van der Waals surface area contributed by atoms with Gasteiger partial charge in [0.1, 0.15) is 18.3 Å². The predicted molar refractivity (Wildman–Crippen MR) is 90.8 cm³/mol. The highest BCUT2D eigenvalue weighted by molar-refractivity contribution is 5.91. The van der Waals surface area contributed by atoms with Gasteiger partial charge < -0.3 is 32.3 Å². The fraction of sp³-hybridized carbons (Fsp3) is 0.375. The van der Waals surface area contributed by atoms with Gasteiger partial charge in [0.25, 0.3) is 0 Å². The van der Waals surface area contributed by atoms with E-state index in [4.69, 9.17) is 16.6 Å². The number of nitrogens with one attached hydrogen (secondary N) is 2. The Morgan fingerprint density at radius 2 is 1.69 bits per heavy atom. The minimum atomic E-state index is -1.25. The normalized spacial score (nSPS) is 12.7. The van der Waals surface area contributed by atoms with Crippen LogP contribution >= 0.6 is 0 Å². The van der Waals surface area contributed by atoms with Crippen molar-refractivity contribution in [1.29, 1.82) is 0 Å². The van der Waals surface area contributed by atoms with Gasteiger partial charge in [-0.05, 0) is 30.5 Å². The van der Waals surface area contributed by atoms with Crippen LogP contribution in [0.5, 0.6) is 5.75 Å². The molecule has 0 aliphatic heterocycles. The molecule has 0 saturated heterocycles. The number of aliphatic carboxylic acids is 1. The molecule has 1 aromatic carbocycles. The van der Waals surface area contributed by atoms with Crippen molar-refractivity contribution < 1.29 is 29.4 Å². The maximum absolute atomic E-state index is 12.2. The Morgan fingerprint density at radius 3 is 2.23 bits per heavy atom. The molecule has 0 radical (unpaired) electrons. The van der Waals surface area contributed by atoms with E-state index in [-0.39, 0.29) is 25.0 Å². The molecule has 8 N–H and O–H groups in total. The van der Waals surface area contributed by atoms with E-state index < -0.39 is 42.3 Å². The van der Waals surface area contributed by atoms with Crippen LogP contribution in [0.2, 0.25) is 0 Å². The van der Waals surface area contributed by atoms with Gasteiger partial charge in [0, 0.05) is 6.42 Å². The molecule has 10 nitrogen and oxygen atoms in total. The number of nitrogens with two attached hydrogens (primary N) is 2. The zero-order valence-electron chi connectivity index (χ0n) is 14.0. The van der Waals surface area contributed by atoms with Gasteiger partial charge in [-0.2, -0.15) is 0 Å². The molecule has 0 heterocycles. The fourth-order valence-electron chi connectivity index (χ4n) is 2.10. The van der Waals surface area contributed by atoms with Gasteiger partial charge in [0.15, 0.2) is 0 Å². The van der Waals surface area contributed by atoms with Gasteiger partial charge in [-0.15, -0.1) is 0 Å². The molecule has 1 rings (SSSR count). The maximum Gasteiger partial charge on any atom is 0.322 e. The summed E-state index contributed by atoms with van der Waals surface area (Å²) in [5, 5.41) is 22.4. The number of rotatable bonds is 10. The number of primary amides is 1. The summed E-state index contributed by atoms with van der Waals surface area (Å²) in [6.07, 6.45) is -0.0948. The van der Waals surface area contributed by atoms with E-state index in [2.05, 4.69) is 10.6 Å². The Hall–Kier alpha value is -3.14. The average Bonchev–Trinajstić information content (AvgIpc) is 2.57. The molecule has 142 valence electrons. The SMILES string of the molecule is NC(=O)CCC(NC(=O)C(N)Cc1ccc(O)cc1)C(=O)NCC(=O)O. The molecule has 1 aromatic rings. The number of aromatic hydroxyl groups is 1. The number of carbonyl (C=O) groups excluding carboxylic acids is 3. The summed E-state index contributed by atoms with van der Waals surface area (Å²) >= 11 is 0. The zero-order valence-corrected chi connectivity index (χ0v) is 14.0. The van der Waals surface area contributed by atoms with Crippen LogP contribution in [0.3, 0.4) is 0 Å². The number of hydrogen-bond acceptors (Lipinski definition) is 6. The van der Waals surface area contributed by atoms with E-state index in [1.165, 1.54) is 12.1 Å². The molecule has 0 saturated carbocycles. The van der Waals surface area contributed by atoms with Crippen molar-refractivity contribution in [2.75, 3.05) is 6.54 Å². The van der Waals surface area contributed by atoms with Crippen molar-refractivity contribution in [3.05, 3.63) is 29.8 Å². The Labute approximate surface area is 149 Å². The molecule has 0 aliphatic rings. The third-order valence-electron chi connectivity index (χ3n) is 3.45. The first-order chi connectivity index (χ1) is 12.2.